The number of nitrogens with zero attached hydrogens (tertiary/aromatic N) is 2. The topological polar surface area (TPSA) is 90.4 Å². The summed E-state index contributed by atoms with van der Waals surface area (Å²) in [7, 11) is 0. The molecule has 1 aromatic carbocycles. The second-order valence-corrected chi connectivity index (χ2v) is 6.67. The summed E-state index contributed by atoms with van der Waals surface area (Å²) in [4.78, 5) is 32.4. The van der Waals surface area contributed by atoms with Crippen LogP contribution in [0.1, 0.15) is 42.6 Å². The molecule has 1 N–H and O–H groups in total. The lowest BCUT2D eigenvalue weighted by Gasteiger charge is -2.19. The Bertz CT molecular complexity index is 770. The summed E-state index contributed by atoms with van der Waals surface area (Å²) in [5.41, 5.74) is 0.419. The largest absolute Gasteiger partial charge is 0.485 e. The van der Waals surface area contributed by atoms with Gasteiger partial charge in [-0.05, 0) is 33.3 Å². The number of nitrogens with one attached hydrogen (secondary N) is 1. The summed E-state index contributed by atoms with van der Waals surface area (Å²) >= 11 is 0. The number of hydrogen-bond acceptors (Lipinski definition) is 6. The van der Waals surface area contributed by atoms with Gasteiger partial charge in [-0.2, -0.15) is 0 Å². The third kappa shape index (κ3) is 6.16. The van der Waals surface area contributed by atoms with E-state index < -0.39 is 17.5 Å². The van der Waals surface area contributed by atoms with Crippen molar-refractivity contribution in [1.82, 2.24) is 15.3 Å². The van der Waals surface area contributed by atoms with Crippen molar-refractivity contribution in [2.24, 2.45) is 0 Å². The number of rotatable bonds is 6. The molecule has 0 fully saturated rings. The first-order chi connectivity index (χ1) is 12.2. The molecule has 2 aromatic rings. The zero-order valence-electron chi connectivity index (χ0n) is 15.4. The summed E-state index contributed by atoms with van der Waals surface area (Å²) in [6.45, 7) is 6.98. The molecule has 0 atom stereocenters. The van der Waals surface area contributed by atoms with Crippen molar-refractivity contribution in [1.29, 1.82) is 0 Å². The number of carbonyl (C=O) groups is 2. The van der Waals surface area contributed by atoms with E-state index in [1.807, 2.05) is 30.3 Å². The monoisotopic (exact) mass is 357 g/mol. The van der Waals surface area contributed by atoms with Gasteiger partial charge in [-0.1, -0.05) is 30.3 Å². The maximum atomic E-state index is 12.4. The molecule has 2 rings (SSSR count). The van der Waals surface area contributed by atoms with E-state index in [0.29, 0.717) is 5.82 Å². The zero-order chi connectivity index (χ0) is 19.2. The van der Waals surface area contributed by atoms with Crippen molar-refractivity contribution in [3.63, 3.8) is 0 Å². The first-order valence-corrected chi connectivity index (χ1v) is 8.25. The zero-order valence-corrected chi connectivity index (χ0v) is 15.4. The van der Waals surface area contributed by atoms with E-state index in [1.165, 1.54) is 6.20 Å². The number of carbonyl (C=O) groups excluding carboxylic acids is 2. The van der Waals surface area contributed by atoms with Crippen molar-refractivity contribution < 1.29 is 19.1 Å². The highest BCUT2D eigenvalue weighted by atomic mass is 16.6. The number of esters is 1. The summed E-state index contributed by atoms with van der Waals surface area (Å²) in [6, 6.07) is 9.54. The third-order valence-electron chi connectivity index (χ3n) is 3.14. The van der Waals surface area contributed by atoms with Gasteiger partial charge in [-0.15, -0.1) is 0 Å². The van der Waals surface area contributed by atoms with E-state index in [-0.39, 0.29) is 24.6 Å². The van der Waals surface area contributed by atoms with Crippen molar-refractivity contribution in [2.75, 3.05) is 6.54 Å². The molecule has 26 heavy (non-hydrogen) atoms. The molecule has 0 saturated heterocycles. The molecular weight excluding hydrogens is 334 g/mol. The van der Waals surface area contributed by atoms with Crippen molar-refractivity contribution in [3.05, 3.63) is 53.6 Å². The van der Waals surface area contributed by atoms with Gasteiger partial charge in [0.15, 0.2) is 11.4 Å². The van der Waals surface area contributed by atoms with Gasteiger partial charge in [-0.3, -0.25) is 9.59 Å². The molecule has 1 heterocycles. The minimum Gasteiger partial charge on any atom is -0.485 e. The van der Waals surface area contributed by atoms with Crippen molar-refractivity contribution in [3.8, 4) is 5.75 Å². The maximum Gasteiger partial charge on any atom is 0.325 e. The molecule has 0 aliphatic carbocycles. The summed E-state index contributed by atoms with van der Waals surface area (Å²) in [6.07, 6.45) is 1.45. The Kier molecular flexibility index (Phi) is 6.27. The van der Waals surface area contributed by atoms with Crippen LogP contribution in [0.2, 0.25) is 0 Å². The normalized spacial score (nSPS) is 10.9. The van der Waals surface area contributed by atoms with E-state index in [0.717, 1.165) is 5.56 Å². The van der Waals surface area contributed by atoms with Gasteiger partial charge in [0.1, 0.15) is 24.6 Å². The summed E-state index contributed by atoms with van der Waals surface area (Å²) in [5, 5.41) is 2.50. The Balaban J connectivity index is 2.03. The Hall–Kier alpha value is -2.96. The van der Waals surface area contributed by atoms with Crippen LogP contribution >= 0.6 is 0 Å². The number of benzene rings is 1. The Labute approximate surface area is 152 Å². The Morgan fingerprint density at radius 2 is 1.85 bits per heavy atom. The van der Waals surface area contributed by atoms with Crippen LogP contribution in [0.5, 0.6) is 5.75 Å². The molecule has 0 spiro atoms. The lowest BCUT2D eigenvalue weighted by molar-refractivity contribution is -0.153. The minimum absolute atomic E-state index is 0.0805. The molecule has 0 unspecified atom stereocenters. The van der Waals surface area contributed by atoms with Gasteiger partial charge >= 0.3 is 5.97 Å². The molecule has 1 amide bonds. The van der Waals surface area contributed by atoms with Crippen LogP contribution in [0.25, 0.3) is 0 Å². The number of aromatic nitrogens is 2. The van der Waals surface area contributed by atoms with E-state index in [9.17, 15) is 9.59 Å². The molecule has 7 nitrogen and oxygen atoms in total. The van der Waals surface area contributed by atoms with Crippen LogP contribution in [-0.2, 0) is 16.1 Å². The average Bonchev–Trinajstić information content (AvgIpc) is 2.58. The Morgan fingerprint density at radius 1 is 1.15 bits per heavy atom. The standard InChI is InChI=1S/C19H23N3O4/c1-13-20-10-15(25-12-14-8-6-5-7-9-14)17(22-13)18(24)21-11-16(23)26-19(2,3)4/h5-10H,11-12H2,1-4H3,(H,21,24). The fourth-order valence-electron chi connectivity index (χ4n) is 2.08. The quantitative estimate of drug-likeness (QED) is 0.799. The fraction of sp³-hybridized carbons (Fsp3) is 0.368. The van der Waals surface area contributed by atoms with Crippen LogP contribution in [0.4, 0.5) is 0 Å². The highest BCUT2D eigenvalue weighted by Gasteiger charge is 2.20. The smallest absolute Gasteiger partial charge is 0.325 e. The number of amides is 1. The minimum atomic E-state index is -0.614. The number of ether oxygens (including phenoxy) is 2. The van der Waals surface area contributed by atoms with Crippen LogP contribution in [0, 0.1) is 6.92 Å². The summed E-state index contributed by atoms with van der Waals surface area (Å²) in [5.74, 6) is -0.367. The molecule has 0 radical (unpaired) electrons. The lowest BCUT2D eigenvalue weighted by atomic mass is 10.2. The van der Waals surface area contributed by atoms with E-state index in [4.69, 9.17) is 9.47 Å². The molecule has 1 aromatic heterocycles. The second kappa shape index (κ2) is 8.42. The van der Waals surface area contributed by atoms with Gasteiger partial charge in [0.05, 0.1) is 6.20 Å². The van der Waals surface area contributed by atoms with E-state index in [1.54, 1.807) is 27.7 Å². The number of aryl methyl sites for hydroxylation is 1. The summed E-state index contributed by atoms with van der Waals surface area (Å²) < 4.78 is 10.9. The molecular formula is C19H23N3O4. The first-order valence-electron chi connectivity index (χ1n) is 8.25. The highest BCUT2D eigenvalue weighted by molar-refractivity contribution is 5.96. The fourth-order valence-corrected chi connectivity index (χ4v) is 2.08. The molecule has 0 saturated carbocycles. The molecule has 7 heteroatoms. The first kappa shape index (κ1) is 19.4. The van der Waals surface area contributed by atoms with Crippen LogP contribution in [0.3, 0.4) is 0 Å². The predicted molar refractivity (Wildman–Crippen MR) is 95.7 cm³/mol. The second-order valence-electron chi connectivity index (χ2n) is 6.67. The molecule has 0 aliphatic heterocycles. The Morgan fingerprint density at radius 3 is 2.50 bits per heavy atom. The van der Waals surface area contributed by atoms with Gasteiger partial charge < -0.3 is 14.8 Å². The van der Waals surface area contributed by atoms with Crippen LogP contribution in [0.15, 0.2) is 36.5 Å². The van der Waals surface area contributed by atoms with Gasteiger partial charge in [-0.25, -0.2) is 9.97 Å². The van der Waals surface area contributed by atoms with Crippen molar-refractivity contribution >= 4 is 11.9 Å². The molecule has 0 bridgehead atoms. The van der Waals surface area contributed by atoms with Gasteiger partial charge in [0, 0.05) is 0 Å². The van der Waals surface area contributed by atoms with E-state index in [2.05, 4.69) is 15.3 Å². The maximum absolute atomic E-state index is 12.4. The molecule has 138 valence electrons. The third-order valence-corrected chi connectivity index (χ3v) is 3.14. The van der Waals surface area contributed by atoms with Crippen LogP contribution < -0.4 is 10.1 Å². The molecule has 0 aliphatic rings. The van der Waals surface area contributed by atoms with E-state index >= 15 is 0 Å². The predicted octanol–water partition coefficient (Wildman–Crippen LogP) is 2.44. The number of hydrogen-bond donors (Lipinski definition) is 1. The van der Waals surface area contributed by atoms with Gasteiger partial charge in [0.25, 0.3) is 5.91 Å². The van der Waals surface area contributed by atoms with Gasteiger partial charge in [0.2, 0.25) is 0 Å². The van der Waals surface area contributed by atoms with Crippen molar-refractivity contribution in [2.45, 2.75) is 39.9 Å². The highest BCUT2D eigenvalue weighted by Crippen LogP contribution is 2.17. The SMILES string of the molecule is Cc1ncc(OCc2ccccc2)c(C(=O)NCC(=O)OC(C)(C)C)n1. The lowest BCUT2D eigenvalue weighted by Crippen LogP contribution is -2.35. The average molecular weight is 357 g/mol. The van der Waals surface area contributed by atoms with Crippen LogP contribution in [-0.4, -0.2) is 34.0 Å².